The van der Waals surface area contributed by atoms with Gasteiger partial charge in [0.15, 0.2) is 0 Å². The van der Waals surface area contributed by atoms with Crippen LogP contribution in [0.15, 0.2) is 12.1 Å². The van der Waals surface area contributed by atoms with Gasteiger partial charge in [-0.05, 0) is 73.0 Å². The maximum atomic E-state index is 14.5. The molecule has 2 atom stereocenters. The Labute approximate surface area is 237 Å². The summed E-state index contributed by atoms with van der Waals surface area (Å²) in [5.41, 5.74) is -2.58. The Hall–Kier alpha value is -0.750. The van der Waals surface area contributed by atoms with Crippen LogP contribution in [0.25, 0.3) is 0 Å². The first-order valence-electron chi connectivity index (χ1n) is 14.0. The number of alkyl halides is 4. The van der Waals surface area contributed by atoms with Gasteiger partial charge in [-0.2, -0.15) is 8.78 Å². The molecule has 1 aromatic rings. The molecule has 3 aliphatic carbocycles. The summed E-state index contributed by atoms with van der Waals surface area (Å²) < 4.78 is 79.4. The highest BCUT2D eigenvalue weighted by atomic mass is 32.2. The van der Waals surface area contributed by atoms with Crippen LogP contribution in [0.3, 0.4) is 0 Å². The van der Waals surface area contributed by atoms with Crippen LogP contribution < -0.4 is 4.18 Å². The van der Waals surface area contributed by atoms with E-state index in [1.807, 2.05) is 0 Å². The Balaban J connectivity index is 0.00000127. The molecule has 0 saturated heterocycles. The van der Waals surface area contributed by atoms with Crippen molar-refractivity contribution >= 4 is 24.1 Å². The molecule has 3 N–H and O–H groups in total. The lowest BCUT2D eigenvalue weighted by Crippen LogP contribution is -2.36. The summed E-state index contributed by atoms with van der Waals surface area (Å²) >= 11 is -0.678. The highest BCUT2D eigenvalue weighted by molar-refractivity contribution is 7.96. The first-order chi connectivity index (χ1) is 18.9. The monoisotopic (exact) mass is 602 g/mol. The molecule has 11 heteroatoms. The number of benzene rings is 1. The zero-order chi connectivity index (χ0) is 28.8. The van der Waals surface area contributed by atoms with E-state index < -0.39 is 29.0 Å². The quantitative estimate of drug-likeness (QED) is 0.193. The Morgan fingerprint density at radius 3 is 1.49 bits per heavy atom. The minimum absolute atomic E-state index is 0.00320. The summed E-state index contributed by atoms with van der Waals surface area (Å²) in [4.78, 5) is 0. The van der Waals surface area contributed by atoms with Crippen molar-refractivity contribution in [2.24, 2.45) is 0 Å². The van der Waals surface area contributed by atoms with E-state index in [1.165, 1.54) is 50.5 Å². The van der Waals surface area contributed by atoms with E-state index in [9.17, 15) is 17.6 Å². The highest BCUT2D eigenvalue weighted by Gasteiger charge is 2.51. The zero-order valence-electron chi connectivity index (χ0n) is 22.6. The number of hydrogen-bond donors (Lipinski definition) is 3. The lowest BCUT2D eigenvalue weighted by molar-refractivity contribution is -0.0711. The molecular formula is C28H43F5O4S2. The van der Waals surface area contributed by atoms with Crippen LogP contribution >= 0.6 is 24.1 Å². The van der Waals surface area contributed by atoms with Gasteiger partial charge in [-0.1, -0.05) is 74.4 Å². The molecule has 2 unspecified atom stereocenters. The third-order valence-electron chi connectivity index (χ3n) is 8.25. The largest absolute Gasteiger partial charge is 0.422 e. The minimum atomic E-state index is -4.36. The Bertz CT molecular complexity index is 778. The molecule has 0 aliphatic heterocycles. The number of halogens is 5. The molecule has 4 rings (SSSR count). The Morgan fingerprint density at radius 2 is 1.10 bits per heavy atom. The van der Waals surface area contributed by atoms with Crippen LogP contribution in [0.1, 0.15) is 131 Å². The molecule has 3 fully saturated rings. The molecule has 3 aliphatic rings. The second-order valence-corrected chi connectivity index (χ2v) is 12.0. The fourth-order valence-electron chi connectivity index (χ4n) is 6.23. The number of rotatable bonds is 9. The summed E-state index contributed by atoms with van der Waals surface area (Å²) in [6.45, 7) is 0. The van der Waals surface area contributed by atoms with Crippen LogP contribution in [0.4, 0.5) is 22.1 Å². The van der Waals surface area contributed by atoms with Crippen molar-refractivity contribution in [3.8, 4) is 5.75 Å². The van der Waals surface area contributed by atoms with Gasteiger partial charge >= 0.3 is 5.92 Å². The smallest absolute Gasteiger partial charge is 0.333 e. The van der Waals surface area contributed by atoms with Gasteiger partial charge in [0.2, 0.25) is 11.0 Å². The van der Waals surface area contributed by atoms with Gasteiger partial charge in [-0.15, -0.1) is 0 Å². The first kappa shape index (κ1) is 34.5. The van der Waals surface area contributed by atoms with Crippen molar-refractivity contribution in [2.75, 3.05) is 7.11 Å². The normalized spacial score (nSPS) is 21.2. The second-order valence-electron chi connectivity index (χ2n) is 10.6. The molecule has 4 nitrogen and oxygen atoms in total. The molecule has 0 bridgehead atoms. The van der Waals surface area contributed by atoms with Crippen LogP contribution in [-0.4, -0.2) is 39.0 Å². The molecular weight excluding hydrogens is 559 g/mol. The maximum absolute atomic E-state index is 14.5. The number of aliphatic hydroxyl groups is 1. The van der Waals surface area contributed by atoms with Crippen molar-refractivity contribution in [2.45, 2.75) is 131 Å². The summed E-state index contributed by atoms with van der Waals surface area (Å²) in [5, 5.41) is 12.5. The molecule has 0 heterocycles. The molecule has 39 heavy (non-hydrogen) atoms. The molecule has 0 radical (unpaired) electrons. The average molecular weight is 603 g/mol. The molecule has 226 valence electrons. The van der Waals surface area contributed by atoms with Gasteiger partial charge in [-0.25, -0.2) is 14.1 Å². The van der Waals surface area contributed by atoms with E-state index in [0.717, 1.165) is 69.6 Å². The lowest BCUT2D eigenvalue weighted by atomic mass is 9.75. The van der Waals surface area contributed by atoms with Crippen LogP contribution in [-0.2, 0) is 0 Å². The SMILES string of the molecule is CO.OF.OSC(F)C(F)(F)C(F)SOc1c(C2CCCCC2)cc(C2CCCCC2)cc1C1CCCCC1. The summed E-state index contributed by atoms with van der Waals surface area (Å²) in [7, 11) is 1.00. The Morgan fingerprint density at radius 1 is 0.718 bits per heavy atom. The van der Waals surface area contributed by atoms with Crippen molar-refractivity contribution < 1.29 is 41.2 Å². The topological polar surface area (TPSA) is 69.9 Å². The van der Waals surface area contributed by atoms with Gasteiger partial charge in [0.25, 0.3) is 0 Å². The summed E-state index contributed by atoms with van der Waals surface area (Å²) in [5.74, 6) is -2.78. The third kappa shape index (κ3) is 9.38. The van der Waals surface area contributed by atoms with E-state index in [1.54, 1.807) is 0 Å². The maximum Gasteiger partial charge on any atom is 0.333 e. The molecule has 0 amide bonds. The van der Waals surface area contributed by atoms with Gasteiger partial charge in [-0.3, -0.25) is 0 Å². The second kappa shape index (κ2) is 17.9. The number of hydrogen-bond acceptors (Lipinski definition) is 6. The van der Waals surface area contributed by atoms with Gasteiger partial charge < -0.3 is 13.8 Å². The molecule has 1 aromatic carbocycles. The van der Waals surface area contributed by atoms with Crippen LogP contribution in [0.2, 0.25) is 0 Å². The zero-order valence-corrected chi connectivity index (χ0v) is 24.2. The van der Waals surface area contributed by atoms with Gasteiger partial charge in [0.1, 0.15) is 5.75 Å². The predicted molar refractivity (Wildman–Crippen MR) is 149 cm³/mol. The van der Waals surface area contributed by atoms with E-state index in [0.29, 0.717) is 11.7 Å². The fourth-order valence-corrected chi connectivity index (χ4v) is 7.19. The average Bonchev–Trinajstić information content (AvgIpc) is 3.02. The molecule has 0 spiro atoms. The van der Waals surface area contributed by atoms with E-state index in [2.05, 4.69) is 12.1 Å². The lowest BCUT2D eigenvalue weighted by Gasteiger charge is -2.32. The van der Waals surface area contributed by atoms with E-state index >= 15 is 0 Å². The number of aliphatic hydroxyl groups excluding tert-OH is 1. The minimum Gasteiger partial charge on any atom is -0.422 e. The van der Waals surface area contributed by atoms with Gasteiger partial charge in [0, 0.05) is 19.2 Å². The fraction of sp³-hybridized carbons (Fsp3) is 0.786. The van der Waals surface area contributed by atoms with Crippen molar-refractivity contribution in [3.63, 3.8) is 0 Å². The van der Waals surface area contributed by atoms with Crippen LogP contribution in [0, 0.1) is 0 Å². The highest BCUT2D eigenvalue weighted by Crippen LogP contribution is 2.49. The van der Waals surface area contributed by atoms with Gasteiger partial charge in [0.05, 0.1) is 12.0 Å². The van der Waals surface area contributed by atoms with Crippen molar-refractivity contribution in [1.82, 2.24) is 0 Å². The predicted octanol–water partition coefficient (Wildman–Crippen LogP) is 9.76. The molecule has 3 saturated carbocycles. The molecule has 0 aromatic heterocycles. The van der Waals surface area contributed by atoms with Crippen molar-refractivity contribution in [1.29, 1.82) is 0 Å². The summed E-state index contributed by atoms with van der Waals surface area (Å²) in [6.07, 6.45) is 17.0. The summed E-state index contributed by atoms with van der Waals surface area (Å²) in [6, 6.07) is 4.45. The Kier molecular flexibility index (Phi) is 15.8. The first-order valence-corrected chi connectivity index (χ1v) is 15.6. The standard InChI is InChI=1S/C27H38F4O2S2.CH4O.FHO/c28-25(34-32)27(30,31)26(29)35-33-24-22(19-12-6-2-7-13-19)16-21(18-10-4-1-5-11-18)17-23(24)20-14-8-3-9-15-20;2*1-2/h16-20,25-26,32H,1-15H2;2H,1H3;2H. The van der Waals surface area contributed by atoms with Crippen LogP contribution in [0.5, 0.6) is 5.75 Å². The van der Waals surface area contributed by atoms with E-state index in [-0.39, 0.29) is 23.9 Å². The van der Waals surface area contributed by atoms with Crippen molar-refractivity contribution in [3.05, 3.63) is 28.8 Å². The van der Waals surface area contributed by atoms with E-state index in [4.69, 9.17) is 23.7 Å². The third-order valence-corrected chi connectivity index (χ3v) is 9.49.